The minimum atomic E-state index is -0.364. The summed E-state index contributed by atoms with van der Waals surface area (Å²) in [5.74, 6) is 1.41. The van der Waals surface area contributed by atoms with E-state index in [-0.39, 0.29) is 5.97 Å². The topological polar surface area (TPSA) is 54.0 Å². The Balaban J connectivity index is 1.69. The zero-order chi connectivity index (χ0) is 27.6. The van der Waals surface area contributed by atoms with Crippen LogP contribution < -0.4 is 4.74 Å². The lowest BCUT2D eigenvalue weighted by atomic mass is 10.0. The summed E-state index contributed by atoms with van der Waals surface area (Å²) >= 11 is 0. The van der Waals surface area contributed by atoms with Crippen LogP contribution in [0.15, 0.2) is 96.8 Å². The van der Waals surface area contributed by atoms with Gasteiger partial charge in [0.25, 0.3) is 0 Å². The molecule has 0 saturated heterocycles. The fourth-order valence-corrected chi connectivity index (χ4v) is 3.40. The largest absolute Gasteiger partial charge is 0.498 e. The number of hydrogen-bond acceptors (Lipinski definition) is 5. The van der Waals surface area contributed by atoms with Gasteiger partial charge in [-0.2, -0.15) is 0 Å². The smallest absolute Gasteiger partial charge is 0.333 e. The Kier molecular flexibility index (Phi) is 14.4. The molecule has 38 heavy (non-hydrogen) atoms. The first-order chi connectivity index (χ1) is 18.4. The average molecular weight is 519 g/mol. The van der Waals surface area contributed by atoms with E-state index >= 15 is 0 Å². The molecule has 2 aromatic carbocycles. The molecule has 2 aromatic rings. The van der Waals surface area contributed by atoms with E-state index in [4.69, 9.17) is 18.9 Å². The van der Waals surface area contributed by atoms with Crippen molar-refractivity contribution in [3.8, 4) is 16.9 Å². The van der Waals surface area contributed by atoms with E-state index in [9.17, 15) is 4.79 Å². The molecule has 0 N–H and O–H groups in total. The Morgan fingerprint density at radius 3 is 2.08 bits per heavy atom. The lowest BCUT2D eigenvalue weighted by molar-refractivity contribution is -0.139. The van der Waals surface area contributed by atoms with Gasteiger partial charge in [-0.15, -0.1) is 0 Å². The molecule has 0 radical (unpaired) electrons. The molecule has 0 aliphatic rings. The number of esters is 1. The second-order valence-electron chi connectivity index (χ2n) is 9.19. The van der Waals surface area contributed by atoms with Crippen LogP contribution in [-0.2, 0) is 25.4 Å². The van der Waals surface area contributed by atoms with E-state index in [1.165, 1.54) is 5.56 Å². The van der Waals surface area contributed by atoms with Crippen molar-refractivity contribution in [1.29, 1.82) is 0 Å². The maximum Gasteiger partial charge on any atom is 0.333 e. The minimum absolute atomic E-state index is 0.321. The van der Waals surface area contributed by atoms with Crippen LogP contribution in [0.5, 0.6) is 5.75 Å². The minimum Gasteiger partial charge on any atom is -0.498 e. The summed E-state index contributed by atoms with van der Waals surface area (Å²) < 4.78 is 22.2. The fraction of sp³-hybridized carbons (Fsp3) is 0.364. The van der Waals surface area contributed by atoms with Gasteiger partial charge >= 0.3 is 5.97 Å². The van der Waals surface area contributed by atoms with Crippen molar-refractivity contribution in [1.82, 2.24) is 0 Å². The molecular weight excluding hydrogens is 476 g/mol. The lowest BCUT2D eigenvalue weighted by Crippen LogP contribution is -2.09. The van der Waals surface area contributed by atoms with Crippen LogP contribution in [-0.4, -0.2) is 39.0 Å². The summed E-state index contributed by atoms with van der Waals surface area (Å²) in [5, 5.41) is 0. The van der Waals surface area contributed by atoms with Crippen LogP contribution in [0.3, 0.4) is 0 Å². The number of carbonyl (C=O) groups is 1. The first kappa shape index (κ1) is 30.7. The van der Waals surface area contributed by atoms with Gasteiger partial charge in [0.05, 0.1) is 38.8 Å². The van der Waals surface area contributed by atoms with Gasteiger partial charge in [0.2, 0.25) is 0 Å². The van der Waals surface area contributed by atoms with Crippen LogP contribution in [0, 0.1) is 0 Å². The molecule has 5 nitrogen and oxygen atoms in total. The Morgan fingerprint density at radius 1 is 0.816 bits per heavy atom. The average Bonchev–Trinajstić information content (AvgIpc) is 2.92. The van der Waals surface area contributed by atoms with Crippen LogP contribution in [0.25, 0.3) is 11.1 Å². The Labute approximate surface area is 228 Å². The van der Waals surface area contributed by atoms with Crippen molar-refractivity contribution in [3.05, 3.63) is 102 Å². The molecule has 2 rings (SSSR count). The van der Waals surface area contributed by atoms with Crippen LogP contribution in [0.1, 0.15) is 45.6 Å². The summed E-state index contributed by atoms with van der Waals surface area (Å²) in [6, 6.07) is 16.6. The van der Waals surface area contributed by atoms with Gasteiger partial charge in [-0.1, -0.05) is 67.3 Å². The van der Waals surface area contributed by atoms with Crippen molar-refractivity contribution < 1.29 is 23.7 Å². The summed E-state index contributed by atoms with van der Waals surface area (Å²) in [7, 11) is 0. The highest BCUT2D eigenvalue weighted by Gasteiger charge is 2.03. The van der Waals surface area contributed by atoms with Crippen molar-refractivity contribution in [2.24, 2.45) is 0 Å². The van der Waals surface area contributed by atoms with Crippen LogP contribution >= 0.6 is 0 Å². The number of carbonyl (C=O) groups excluding carboxylic acids is 1. The molecule has 5 heteroatoms. The van der Waals surface area contributed by atoms with E-state index in [1.807, 2.05) is 32.1 Å². The fourth-order valence-electron chi connectivity index (χ4n) is 3.40. The molecule has 204 valence electrons. The van der Waals surface area contributed by atoms with Gasteiger partial charge in [0.15, 0.2) is 0 Å². The summed E-state index contributed by atoms with van der Waals surface area (Å²) in [6.07, 6.45) is 9.52. The first-order valence-electron chi connectivity index (χ1n) is 13.2. The predicted molar refractivity (Wildman–Crippen MR) is 155 cm³/mol. The zero-order valence-corrected chi connectivity index (χ0v) is 23.2. The molecule has 0 aliphatic carbocycles. The van der Waals surface area contributed by atoms with Crippen molar-refractivity contribution in [2.45, 2.75) is 46.5 Å². The molecule has 0 unspecified atom stereocenters. The zero-order valence-electron chi connectivity index (χ0n) is 23.2. The van der Waals surface area contributed by atoms with Crippen molar-refractivity contribution >= 4 is 5.97 Å². The third-order valence-electron chi connectivity index (χ3n) is 5.51. The van der Waals surface area contributed by atoms with E-state index in [0.29, 0.717) is 45.0 Å². The highest BCUT2D eigenvalue weighted by atomic mass is 16.5. The predicted octanol–water partition coefficient (Wildman–Crippen LogP) is 7.63. The molecule has 0 amide bonds. The summed E-state index contributed by atoms with van der Waals surface area (Å²) in [6.45, 7) is 15.8. The monoisotopic (exact) mass is 518 g/mol. The van der Waals surface area contributed by atoms with Crippen LogP contribution in [0.4, 0.5) is 0 Å². The number of benzene rings is 2. The second kappa shape index (κ2) is 17.8. The molecule has 0 heterocycles. The standard InChI is InChI=1S/C33H42O5/c1-6-31(36-22-9-21-35-25-26(2)3)12-8-7-11-28-13-15-29(16-14-28)30-17-19-32(20-18-30)37-23-10-24-38-33(34)27(4)5/h6-8,13-20H,2,4,9-12,21-25H2,1,3,5H3/b8-7-,31-6+. The first-order valence-corrected chi connectivity index (χ1v) is 13.2. The number of ether oxygens (including phenoxy) is 4. The molecule has 0 atom stereocenters. The highest BCUT2D eigenvalue weighted by Crippen LogP contribution is 2.23. The number of rotatable bonds is 18. The van der Waals surface area contributed by atoms with Gasteiger partial charge in [-0.25, -0.2) is 4.79 Å². The van der Waals surface area contributed by atoms with Gasteiger partial charge in [0, 0.05) is 24.8 Å². The normalized spacial score (nSPS) is 11.4. The van der Waals surface area contributed by atoms with Crippen molar-refractivity contribution in [2.75, 3.05) is 33.0 Å². The molecule has 0 bridgehead atoms. The summed E-state index contributed by atoms with van der Waals surface area (Å²) in [4.78, 5) is 11.4. The quantitative estimate of drug-likeness (QED) is 0.0667. The van der Waals surface area contributed by atoms with E-state index in [0.717, 1.165) is 47.5 Å². The lowest BCUT2D eigenvalue weighted by Gasteiger charge is -2.09. The third-order valence-corrected chi connectivity index (χ3v) is 5.51. The van der Waals surface area contributed by atoms with Crippen molar-refractivity contribution in [3.63, 3.8) is 0 Å². The van der Waals surface area contributed by atoms with E-state index < -0.39 is 0 Å². The molecule has 0 aromatic heterocycles. The highest BCUT2D eigenvalue weighted by molar-refractivity contribution is 5.86. The number of hydrogen-bond donors (Lipinski definition) is 0. The molecule has 0 saturated carbocycles. The van der Waals surface area contributed by atoms with Gasteiger partial charge in [-0.3, -0.25) is 0 Å². The molecule has 0 aliphatic heterocycles. The Morgan fingerprint density at radius 2 is 1.45 bits per heavy atom. The van der Waals surface area contributed by atoms with E-state index in [2.05, 4.69) is 61.7 Å². The van der Waals surface area contributed by atoms with Gasteiger partial charge in [0.1, 0.15) is 5.75 Å². The maximum absolute atomic E-state index is 11.4. The maximum atomic E-state index is 11.4. The second-order valence-corrected chi connectivity index (χ2v) is 9.19. The molecular formula is C33H42O5. The third kappa shape index (κ3) is 12.6. The van der Waals surface area contributed by atoms with Gasteiger partial charge < -0.3 is 18.9 Å². The Bertz CT molecular complexity index is 1060. The van der Waals surface area contributed by atoms with E-state index in [1.54, 1.807) is 6.92 Å². The Hall–Kier alpha value is -3.57. The molecule has 0 fully saturated rings. The summed E-state index contributed by atoms with van der Waals surface area (Å²) in [5.41, 5.74) is 4.99. The molecule has 0 spiro atoms. The number of allylic oxidation sites excluding steroid dienone is 3. The van der Waals surface area contributed by atoms with Gasteiger partial charge in [-0.05, 0) is 62.1 Å². The van der Waals surface area contributed by atoms with Crippen LogP contribution in [0.2, 0.25) is 0 Å². The SMILES string of the molecule is C=C(C)COCCCO/C(=C/C)C/C=C\Cc1ccc(-c2ccc(OCCCOC(=O)C(=C)C)cc2)cc1.